The summed E-state index contributed by atoms with van der Waals surface area (Å²) in [6.07, 6.45) is 3.63. The van der Waals surface area contributed by atoms with Crippen molar-refractivity contribution in [1.82, 2.24) is 24.7 Å². The number of hydrogen-bond donors (Lipinski definition) is 1. The van der Waals surface area contributed by atoms with E-state index in [9.17, 15) is 8.42 Å². The van der Waals surface area contributed by atoms with Gasteiger partial charge in [0.05, 0.1) is 26.4 Å². The van der Waals surface area contributed by atoms with E-state index in [2.05, 4.69) is 24.9 Å². The van der Waals surface area contributed by atoms with Crippen LogP contribution in [0.5, 0.6) is 11.5 Å². The Morgan fingerprint density at radius 2 is 1.62 bits per heavy atom. The second kappa shape index (κ2) is 11.8. The summed E-state index contributed by atoms with van der Waals surface area (Å²) in [4.78, 5) is 8.68. The number of rotatable bonds is 12. The van der Waals surface area contributed by atoms with Crippen molar-refractivity contribution in [2.45, 2.75) is 70.0 Å². The highest BCUT2D eigenvalue weighted by molar-refractivity contribution is 7.93. The molecule has 39 heavy (non-hydrogen) atoms. The van der Waals surface area contributed by atoms with E-state index in [0.717, 1.165) is 18.4 Å². The van der Waals surface area contributed by atoms with Crippen LogP contribution in [0.2, 0.25) is 0 Å². The predicted molar refractivity (Wildman–Crippen MR) is 145 cm³/mol. The molecule has 2 heterocycles. The van der Waals surface area contributed by atoms with Crippen LogP contribution >= 0.6 is 0 Å². The second-order valence-corrected chi connectivity index (χ2v) is 11.9. The third-order valence-electron chi connectivity index (χ3n) is 6.73. The Balaban J connectivity index is 1.77. The van der Waals surface area contributed by atoms with Crippen molar-refractivity contribution in [2.75, 3.05) is 26.1 Å². The van der Waals surface area contributed by atoms with Crippen LogP contribution in [0.15, 0.2) is 30.6 Å². The third kappa shape index (κ3) is 5.99. The van der Waals surface area contributed by atoms with Crippen molar-refractivity contribution in [1.29, 1.82) is 0 Å². The second-order valence-electron chi connectivity index (χ2n) is 9.83. The van der Waals surface area contributed by atoms with E-state index in [4.69, 9.17) is 18.9 Å². The van der Waals surface area contributed by atoms with Gasteiger partial charge in [-0.1, -0.05) is 6.07 Å². The van der Waals surface area contributed by atoms with Gasteiger partial charge < -0.3 is 18.9 Å². The lowest BCUT2D eigenvalue weighted by molar-refractivity contribution is 0.00152. The molecule has 0 unspecified atom stereocenters. The van der Waals surface area contributed by atoms with Crippen LogP contribution in [0.3, 0.4) is 0 Å². The van der Waals surface area contributed by atoms with Gasteiger partial charge in [-0.25, -0.2) is 18.4 Å². The zero-order valence-electron chi connectivity index (χ0n) is 23.3. The van der Waals surface area contributed by atoms with Gasteiger partial charge in [-0.2, -0.15) is 0 Å². The molecule has 2 atom stereocenters. The molecule has 0 spiro atoms. The molecular weight excluding hydrogens is 524 g/mol. The number of ether oxygens (including phenoxy) is 4. The molecule has 212 valence electrons. The molecule has 0 bridgehead atoms. The van der Waals surface area contributed by atoms with Gasteiger partial charge in [0.15, 0.2) is 5.82 Å². The number of hydrogen-bond acceptors (Lipinski definition) is 10. The number of benzene rings is 1. The molecule has 1 saturated carbocycles. The Labute approximate surface area is 229 Å². The molecule has 0 radical (unpaired) electrons. The molecule has 2 aromatic heterocycles. The Morgan fingerprint density at radius 3 is 2.15 bits per heavy atom. The summed E-state index contributed by atoms with van der Waals surface area (Å²) in [7, 11) is 0.654. The summed E-state index contributed by atoms with van der Waals surface area (Å²) in [6.45, 7) is 7.07. The molecule has 1 aliphatic carbocycles. The number of nitrogens with zero attached hydrogens (tertiary/aromatic N) is 5. The van der Waals surface area contributed by atoms with E-state index in [1.165, 1.54) is 14.2 Å². The fourth-order valence-corrected chi connectivity index (χ4v) is 5.56. The summed E-state index contributed by atoms with van der Waals surface area (Å²) >= 11 is 0. The van der Waals surface area contributed by atoms with E-state index in [-0.39, 0.29) is 29.9 Å². The van der Waals surface area contributed by atoms with Gasteiger partial charge in [0, 0.05) is 25.4 Å². The lowest BCUT2D eigenvalue weighted by Crippen LogP contribution is -2.35. The maximum Gasteiger partial charge on any atom is 0.243 e. The molecule has 1 aromatic carbocycles. The van der Waals surface area contributed by atoms with Gasteiger partial charge in [-0.05, 0) is 58.2 Å². The molecule has 1 fully saturated rings. The number of aromatic nitrogens is 5. The van der Waals surface area contributed by atoms with Gasteiger partial charge in [0.25, 0.3) is 0 Å². The third-order valence-corrected chi connectivity index (χ3v) is 8.42. The Bertz CT molecular complexity index is 1350. The predicted octanol–water partition coefficient (Wildman–Crippen LogP) is 3.57. The lowest BCUT2D eigenvalue weighted by Gasteiger charge is -2.33. The number of aryl methyl sites for hydroxylation is 1. The van der Waals surface area contributed by atoms with Crippen molar-refractivity contribution >= 4 is 16.0 Å². The summed E-state index contributed by atoms with van der Waals surface area (Å²) in [5, 5.41) is 7.60. The van der Waals surface area contributed by atoms with Crippen LogP contribution in [0.1, 0.15) is 62.8 Å². The fourth-order valence-electron chi connectivity index (χ4n) is 4.48. The van der Waals surface area contributed by atoms with E-state index in [1.807, 2.05) is 20.8 Å². The van der Waals surface area contributed by atoms with Crippen LogP contribution in [-0.2, 0) is 19.5 Å². The first-order chi connectivity index (χ1) is 18.6. The number of nitrogens with one attached hydrogen (secondary N) is 1. The summed E-state index contributed by atoms with van der Waals surface area (Å²) in [6, 6.07) is 5.32. The zero-order chi connectivity index (χ0) is 28.3. The van der Waals surface area contributed by atoms with E-state index < -0.39 is 21.4 Å². The van der Waals surface area contributed by atoms with E-state index in [0.29, 0.717) is 23.0 Å². The summed E-state index contributed by atoms with van der Waals surface area (Å²) in [5.41, 5.74) is 1.35. The van der Waals surface area contributed by atoms with Crippen molar-refractivity contribution in [3.63, 3.8) is 0 Å². The Kier molecular flexibility index (Phi) is 8.72. The molecule has 3 aromatic rings. The molecular formula is C26H36N6O6S. The normalized spacial score (nSPS) is 18.9. The Hall–Kier alpha value is -3.29. The van der Waals surface area contributed by atoms with Crippen LogP contribution in [0.4, 0.5) is 5.95 Å². The highest BCUT2D eigenvalue weighted by atomic mass is 32.2. The van der Waals surface area contributed by atoms with Crippen molar-refractivity contribution < 1.29 is 27.4 Å². The average molecular weight is 561 g/mol. The first-order valence-electron chi connectivity index (χ1n) is 12.7. The van der Waals surface area contributed by atoms with Gasteiger partial charge >= 0.3 is 0 Å². The van der Waals surface area contributed by atoms with Gasteiger partial charge in [-0.15, -0.1) is 10.2 Å². The smallest absolute Gasteiger partial charge is 0.243 e. The minimum atomic E-state index is -4.09. The van der Waals surface area contributed by atoms with Crippen LogP contribution < -0.4 is 14.2 Å². The Morgan fingerprint density at radius 1 is 1.00 bits per heavy atom. The first-order valence-corrected chi connectivity index (χ1v) is 14.3. The van der Waals surface area contributed by atoms with Gasteiger partial charge in [-0.3, -0.25) is 9.29 Å². The molecule has 0 saturated heterocycles. The molecule has 1 aliphatic rings. The van der Waals surface area contributed by atoms with Crippen molar-refractivity contribution in [2.24, 2.45) is 0 Å². The average Bonchev–Trinajstić information content (AvgIpc) is 3.27. The molecule has 1 N–H and O–H groups in total. The monoisotopic (exact) mass is 560 g/mol. The number of para-hydroxylation sites is 1. The van der Waals surface area contributed by atoms with Crippen molar-refractivity contribution in [3.05, 3.63) is 47.8 Å². The summed E-state index contributed by atoms with van der Waals surface area (Å²) < 4.78 is 54.6. The largest absolute Gasteiger partial charge is 0.494 e. The van der Waals surface area contributed by atoms with Crippen LogP contribution in [-0.4, -0.2) is 71.9 Å². The number of anilines is 1. The van der Waals surface area contributed by atoms with Gasteiger partial charge in [0.1, 0.15) is 34.4 Å². The maximum absolute atomic E-state index is 13.8. The lowest BCUT2D eigenvalue weighted by atomic mass is 9.81. The zero-order valence-corrected chi connectivity index (χ0v) is 24.1. The summed E-state index contributed by atoms with van der Waals surface area (Å²) in [5.74, 6) is 1.81. The topological polar surface area (TPSA) is 140 Å². The maximum atomic E-state index is 13.8. The quantitative estimate of drug-likeness (QED) is 0.350. The van der Waals surface area contributed by atoms with Gasteiger partial charge in [0.2, 0.25) is 16.0 Å². The minimum Gasteiger partial charge on any atom is -0.494 e. The van der Waals surface area contributed by atoms with Crippen molar-refractivity contribution in [3.8, 4) is 17.2 Å². The molecule has 4 rings (SSSR count). The van der Waals surface area contributed by atoms with E-state index in [1.54, 1.807) is 49.2 Å². The highest BCUT2D eigenvalue weighted by Crippen LogP contribution is 2.43. The molecule has 0 aliphatic heterocycles. The SMILES string of the molecule is COc1cccc(OC)c1-n1c(NS(=O)(=O)[C@@H](C)[C@@H](OC(C)C)c2ncc(C)cn2)nnc1[C@H]1C[C@H](OC)C1. The van der Waals surface area contributed by atoms with Crippen LogP contribution in [0.25, 0.3) is 5.69 Å². The highest BCUT2D eigenvalue weighted by Gasteiger charge is 2.39. The number of methoxy groups -OCH3 is 3. The number of sulfonamides is 1. The molecule has 12 nitrogen and oxygen atoms in total. The minimum absolute atomic E-state index is 0.00530. The molecule has 13 heteroatoms. The first kappa shape index (κ1) is 28.7. The fraction of sp³-hybridized carbons (Fsp3) is 0.538. The molecule has 0 amide bonds. The van der Waals surface area contributed by atoms with Crippen LogP contribution in [0, 0.1) is 6.92 Å². The van der Waals surface area contributed by atoms with E-state index >= 15 is 0 Å². The standard InChI is InChI=1S/C26H36N6O6S/c1-15(2)38-23(24-27-13-16(3)14-28-24)17(4)39(33,34)31-26-30-29-25(18-11-19(12-18)35-5)32(26)22-20(36-6)9-8-10-21(22)37-7/h8-10,13-15,17-19,23H,11-12H2,1-7H3,(H,30,31)/t17-,18-,19-,23+/m0/s1.